The number of pyridine rings is 1. The number of ether oxygens (including phenoxy) is 1. The molecule has 6 nitrogen and oxygen atoms in total. The van der Waals surface area contributed by atoms with E-state index in [-0.39, 0.29) is 0 Å². The van der Waals surface area contributed by atoms with E-state index in [4.69, 9.17) is 10.5 Å². The number of hydrogen-bond donors (Lipinski definition) is 1. The zero-order valence-electron chi connectivity index (χ0n) is 13.0. The number of nitrogens with two attached hydrogens (primary N) is 1. The second-order valence-corrected chi connectivity index (χ2v) is 5.39. The van der Waals surface area contributed by atoms with Crippen LogP contribution in [0.15, 0.2) is 12.3 Å². The van der Waals surface area contributed by atoms with Crippen molar-refractivity contribution in [3.63, 3.8) is 0 Å². The van der Waals surface area contributed by atoms with Crippen LogP contribution in [0.4, 0.5) is 11.5 Å². The predicted octanol–water partition coefficient (Wildman–Crippen LogP) is 1.37. The minimum absolute atomic E-state index is 0.369. The van der Waals surface area contributed by atoms with Crippen LogP contribution < -0.4 is 10.6 Å². The molecule has 1 aliphatic rings. The van der Waals surface area contributed by atoms with E-state index >= 15 is 0 Å². The number of esters is 1. The first-order chi connectivity index (χ1) is 10.1. The predicted molar refractivity (Wildman–Crippen MR) is 83.5 cm³/mol. The molecule has 1 fully saturated rings. The molecule has 6 heteroatoms. The molecule has 0 amide bonds. The lowest BCUT2D eigenvalue weighted by atomic mass is 10.2. The molecule has 116 valence electrons. The minimum atomic E-state index is -0.430. The fourth-order valence-corrected chi connectivity index (χ4v) is 2.98. The zero-order chi connectivity index (χ0) is 15.4. The van der Waals surface area contributed by atoms with Crippen molar-refractivity contribution < 1.29 is 9.53 Å². The molecule has 1 aromatic rings. The Morgan fingerprint density at radius 2 is 2.38 bits per heavy atom. The van der Waals surface area contributed by atoms with Gasteiger partial charge in [0.1, 0.15) is 0 Å². The number of likely N-dealkylation sites (tertiary alicyclic amines) is 1. The Kier molecular flexibility index (Phi) is 5.01. The summed E-state index contributed by atoms with van der Waals surface area (Å²) in [6, 6.07) is 2.11. The Bertz CT molecular complexity index is 506. The number of nitrogen functional groups attached to an aromatic ring is 1. The van der Waals surface area contributed by atoms with E-state index in [9.17, 15) is 4.79 Å². The van der Waals surface area contributed by atoms with Crippen molar-refractivity contribution in [3.05, 3.63) is 17.8 Å². The molecule has 2 heterocycles. The summed E-state index contributed by atoms with van der Waals surface area (Å²) in [6.07, 6.45) is 4.02. The van der Waals surface area contributed by atoms with E-state index in [1.54, 1.807) is 12.3 Å². The van der Waals surface area contributed by atoms with Crippen LogP contribution in [0.1, 0.15) is 30.1 Å². The standard InChI is InChI=1S/C15H24N4O2/c1-4-19-9-5-6-11(19)10-18(2)14-13(16)12(7-8-17-14)15(20)21-3/h7-8,11H,4-6,9-10,16H2,1-3H3. The molecule has 0 bridgehead atoms. The highest BCUT2D eigenvalue weighted by Crippen LogP contribution is 2.26. The Morgan fingerprint density at radius 3 is 3.05 bits per heavy atom. The van der Waals surface area contributed by atoms with Gasteiger partial charge >= 0.3 is 5.97 Å². The molecule has 1 aromatic heterocycles. The number of methoxy groups -OCH3 is 1. The summed E-state index contributed by atoms with van der Waals surface area (Å²) in [6.45, 7) is 5.25. The van der Waals surface area contributed by atoms with Crippen molar-refractivity contribution in [2.24, 2.45) is 0 Å². The summed E-state index contributed by atoms with van der Waals surface area (Å²) in [7, 11) is 3.31. The highest BCUT2D eigenvalue weighted by molar-refractivity contribution is 5.97. The van der Waals surface area contributed by atoms with Crippen LogP contribution in [-0.2, 0) is 4.74 Å². The second-order valence-electron chi connectivity index (χ2n) is 5.39. The fraction of sp³-hybridized carbons (Fsp3) is 0.600. The first kappa shape index (κ1) is 15.6. The maximum atomic E-state index is 11.7. The van der Waals surface area contributed by atoms with Crippen molar-refractivity contribution in [3.8, 4) is 0 Å². The molecule has 2 rings (SSSR count). The van der Waals surface area contributed by atoms with Crippen molar-refractivity contribution in [1.82, 2.24) is 9.88 Å². The summed E-state index contributed by atoms with van der Waals surface area (Å²) in [4.78, 5) is 20.5. The van der Waals surface area contributed by atoms with Gasteiger partial charge in [0.2, 0.25) is 0 Å². The van der Waals surface area contributed by atoms with Gasteiger partial charge in [-0.15, -0.1) is 0 Å². The molecular weight excluding hydrogens is 268 g/mol. The number of aromatic nitrogens is 1. The van der Waals surface area contributed by atoms with Crippen LogP contribution in [0.2, 0.25) is 0 Å². The Hall–Kier alpha value is -1.82. The van der Waals surface area contributed by atoms with Gasteiger partial charge in [-0.05, 0) is 32.0 Å². The molecule has 0 aromatic carbocycles. The van der Waals surface area contributed by atoms with Crippen molar-refractivity contribution in [1.29, 1.82) is 0 Å². The van der Waals surface area contributed by atoms with Crippen molar-refractivity contribution in [2.75, 3.05) is 44.4 Å². The quantitative estimate of drug-likeness (QED) is 0.827. The van der Waals surface area contributed by atoms with Gasteiger partial charge in [0.25, 0.3) is 0 Å². The average molecular weight is 292 g/mol. The van der Waals surface area contributed by atoms with Crippen molar-refractivity contribution in [2.45, 2.75) is 25.8 Å². The lowest BCUT2D eigenvalue weighted by Crippen LogP contribution is -2.39. The van der Waals surface area contributed by atoms with Crippen LogP contribution in [0.3, 0.4) is 0 Å². The topological polar surface area (TPSA) is 71.7 Å². The maximum absolute atomic E-state index is 11.7. The maximum Gasteiger partial charge on any atom is 0.340 e. The number of likely N-dealkylation sites (N-methyl/N-ethyl adjacent to an activating group) is 2. The third kappa shape index (κ3) is 3.26. The Balaban J connectivity index is 2.15. The summed E-state index contributed by atoms with van der Waals surface area (Å²) in [5, 5.41) is 0. The van der Waals surface area contributed by atoms with Crippen LogP contribution in [0.5, 0.6) is 0 Å². The van der Waals surface area contributed by atoms with Gasteiger partial charge in [0, 0.05) is 25.8 Å². The lowest BCUT2D eigenvalue weighted by Gasteiger charge is -2.29. The second kappa shape index (κ2) is 6.76. The van der Waals surface area contributed by atoms with E-state index < -0.39 is 5.97 Å². The average Bonchev–Trinajstić information content (AvgIpc) is 2.93. The minimum Gasteiger partial charge on any atom is -0.465 e. The van der Waals surface area contributed by atoms with Gasteiger partial charge in [-0.25, -0.2) is 9.78 Å². The van der Waals surface area contributed by atoms with E-state index in [2.05, 4.69) is 16.8 Å². The van der Waals surface area contributed by atoms with Gasteiger partial charge in [-0.1, -0.05) is 6.92 Å². The summed E-state index contributed by atoms with van der Waals surface area (Å²) >= 11 is 0. The number of rotatable bonds is 5. The van der Waals surface area contributed by atoms with Gasteiger partial charge in [-0.2, -0.15) is 0 Å². The van der Waals surface area contributed by atoms with Gasteiger partial charge < -0.3 is 15.4 Å². The SMILES string of the molecule is CCN1CCCC1CN(C)c1nccc(C(=O)OC)c1N. The normalized spacial score (nSPS) is 18.7. The molecule has 1 aliphatic heterocycles. The third-order valence-corrected chi connectivity index (χ3v) is 4.13. The van der Waals surface area contributed by atoms with Gasteiger partial charge in [-0.3, -0.25) is 4.90 Å². The summed E-state index contributed by atoms with van der Waals surface area (Å²) < 4.78 is 4.75. The first-order valence-corrected chi connectivity index (χ1v) is 7.36. The van der Waals surface area contributed by atoms with Crippen LogP contribution in [-0.4, -0.2) is 55.7 Å². The number of carbonyl (C=O) groups is 1. The molecule has 2 N–H and O–H groups in total. The van der Waals surface area contributed by atoms with Crippen LogP contribution in [0.25, 0.3) is 0 Å². The van der Waals surface area contributed by atoms with E-state index in [1.165, 1.54) is 20.0 Å². The van der Waals surface area contributed by atoms with Crippen LogP contribution in [0, 0.1) is 0 Å². The molecule has 0 aliphatic carbocycles. The Morgan fingerprint density at radius 1 is 1.62 bits per heavy atom. The first-order valence-electron chi connectivity index (χ1n) is 7.36. The summed E-state index contributed by atoms with van der Waals surface area (Å²) in [5.74, 6) is 0.210. The molecule has 1 atom stereocenters. The molecular formula is C15H24N4O2. The van der Waals surface area contributed by atoms with Crippen molar-refractivity contribution >= 4 is 17.5 Å². The fourth-order valence-electron chi connectivity index (χ4n) is 2.98. The Labute approximate surface area is 125 Å². The molecule has 1 saturated heterocycles. The number of carbonyl (C=O) groups excluding carboxylic acids is 1. The summed E-state index contributed by atoms with van der Waals surface area (Å²) in [5.41, 5.74) is 6.83. The van der Waals surface area contributed by atoms with E-state index in [1.807, 2.05) is 11.9 Å². The molecule has 21 heavy (non-hydrogen) atoms. The lowest BCUT2D eigenvalue weighted by molar-refractivity contribution is 0.0602. The smallest absolute Gasteiger partial charge is 0.340 e. The van der Waals surface area contributed by atoms with Gasteiger partial charge in [0.05, 0.1) is 18.4 Å². The largest absolute Gasteiger partial charge is 0.465 e. The number of nitrogens with zero attached hydrogens (tertiary/aromatic N) is 3. The van der Waals surface area contributed by atoms with E-state index in [0.717, 1.165) is 19.6 Å². The zero-order valence-corrected chi connectivity index (χ0v) is 13.0. The molecule has 0 spiro atoms. The third-order valence-electron chi connectivity index (χ3n) is 4.13. The monoisotopic (exact) mass is 292 g/mol. The highest BCUT2D eigenvalue weighted by atomic mass is 16.5. The van der Waals surface area contributed by atoms with Crippen LogP contribution >= 0.6 is 0 Å². The molecule has 0 radical (unpaired) electrons. The number of anilines is 2. The van der Waals surface area contributed by atoms with E-state index in [0.29, 0.717) is 23.1 Å². The molecule has 1 unspecified atom stereocenters. The highest BCUT2D eigenvalue weighted by Gasteiger charge is 2.25. The molecule has 0 saturated carbocycles. The number of hydrogen-bond acceptors (Lipinski definition) is 6. The van der Waals surface area contributed by atoms with Gasteiger partial charge in [0.15, 0.2) is 5.82 Å².